The van der Waals surface area contributed by atoms with Gasteiger partial charge in [0.1, 0.15) is 5.00 Å². The van der Waals surface area contributed by atoms with Gasteiger partial charge in [0.25, 0.3) is 0 Å². The van der Waals surface area contributed by atoms with Gasteiger partial charge in [0, 0.05) is 19.3 Å². The van der Waals surface area contributed by atoms with Gasteiger partial charge in [-0.1, -0.05) is 0 Å². The number of ether oxygens (including phenoxy) is 2. The summed E-state index contributed by atoms with van der Waals surface area (Å²) < 4.78 is 10.2. The molecule has 1 saturated heterocycles. The van der Waals surface area contributed by atoms with E-state index in [0.29, 0.717) is 18.3 Å². The molecule has 0 spiro atoms. The molecule has 1 aliphatic heterocycles. The smallest absolute Gasteiger partial charge is 0.360 e. The van der Waals surface area contributed by atoms with Crippen molar-refractivity contribution in [3.05, 3.63) is 11.2 Å². The Morgan fingerprint density at radius 3 is 3.12 bits per heavy atom. The van der Waals surface area contributed by atoms with Gasteiger partial charge in [-0.3, -0.25) is 0 Å². The first-order valence-electron chi connectivity index (χ1n) is 5.76. The van der Waals surface area contributed by atoms with E-state index in [9.17, 15) is 4.79 Å². The monoisotopic (exact) mass is 256 g/mol. The minimum Gasteiger partial charge on any atom is -0.461 e. The highest BCUT2D eigenvalue weighted by Gasteiger charge is 2.20. The summed E-state index contributed by atoms with van der Waals surface area (Å²) in [4.78, 5) is 15.7. The molecule has 17 heavy (non-hydrogen) atoms. The van der Waals surface area contributed by atoms with Crippen LogP contribution in [0.2, 0.25) is 0 Å². The van der Waals surface area contributed by atoms with E-state index in [1.54, 1.807) is 12.4 Å². The summed E-state index contributed by atoms with van der Waals surface area (Å²) in [5.41, 5.74) is 2.05. The zero-order valence-corrected chi connectivity index (χ0v) is 10.6. The van der Waals surface area contributed by atoms with Crippen molar-refractivity contribution in [3.63, 3.8) is 0 Å². The van der Waals surface area contributed by atoms with E-state index in [4.69, 9.17) is 9.47 Å². The van der Waals surface area contributed by atoms with E-state index in [1.807, 2.05) is 0 Å². The van der Waals surface area contributed by atoms with E-state index in [2.05, 4.69) is 10.3 Å². The van der Waals surface area contributed by atoms with Gasteiger partial charge in [-0.05, 0) is 19.8 Å². The molecule has 1 aromatic rings. The Bertz CT molecular complexity index is 375. The largest absolute Gasteiger partial charge is 0.461 e. The number of carbonyl (C=O) groups excluding carboxylic acids is 1. The van der Waals surface area contributed by atoms with Crippen molar-refractivity contribution in [2.75, 3.05) is 25.1 Å². The summed E-state index contributed by atoms with van der Waals surface area (Å²) in [7, 11) is 0. The number of nitrogens with zero attached hydrogens (tertiary/aromatic N) is 1. The molecule has 0 aliphatic carbocycles. The molecule has 94 valence electrons. The number of thiazole rings is 1. The molecule has 1 N–H and O–H groups in total. The van der Waals surface area contributed by atoms with Crippen molar-refractivity contribution < 1.29 is 14.3 Å². The molecule has 0 unspecified atom stereocenters. The number of nitrogens with one attached hydrogen (secondary N) is 1. The van der Waals surface area contributed by atoms with Crippen LogP contribution in [0.4, 0.5) is 5.00 Å². The van der Waals surface area contributed by atoms with Gasteiger partial charge < -0.3 is 14.8 Å². The number of esters is 1. The molecule has 0 saturated carbocycles. The predicted octanol–water partition coefficient (Wildman–Crippen LogP) is 1.91. The van der Waals surface area contributed by atoms with Crippen LogP contribution >= 0.6 is 11.3 Å². The molecule has 6 heteroatoms. The average Bonchev–Trinajstić information content (AvgIpc) is 2.79. The van der Waals surface area contributed by atoms with Gasteiger partial charge in [-0.2, -0.15) is 0 Å². The lowest BCUT2D eigenvalue weighted by Crippen LogP contribution is -2.28. The standard InChI is InChI=1S/C11H16N2O3S/c1-2-16-11(14)9-10(17-7-12-9)13-8-3-5-15-6-4-8/h7-8,13H,2-6H2,1H3. The van der Waals surface area contributed by atoms with Gasteiger partial charge in [0.15, 0.2) is 5.69 Å². The highest BCUT2D eigenvalue weighted by molar-refractivity contribution is 7.14. The number of rotatable bonds is 4. The molecule has 2 rings (SSSR count). The number of aromatic nitrogens is 1. The predicted molar refractivity (Wildman–Crippen MR) is 65.5 cm³/mol. The first kappa shape index (κ1) is 12.3. The molecule has 5 nitrogen and oxygen atoms in total. The third-order valence-corrected chi connectivity index (χ3v) is 3.35. The maximum Gasteiger partial charge on any atom is 0.360 e. The molecule has 0 atom stereocenters. The number of hydrogen-bond donors (Lipinski definition) is 1. The van der Waals surface area contributed by atoms with Gasteiger partial charge in [-0.15, -0.1) is 11.3 Å². The normalized spacial score (nSPS) is 16.8. The van der Waals surface area contributed by atoms with Crippen LogP contribution in [0.5, 0.6) is 0 Å². The van der Waals surface area contributed by atoms with Crippen molar-refractivity contribution in [2.24, 2.45) is 0 Å². The molecule has 1 aliphatic rings. The van der Waals surface area contributed by atoms with Crippen LogP contribution < -0.4 is 5.32 Å². The summed E-state index contributed by atoms with van der Waals surface area (Å²) >= 11 is 1.43. The molecule has 1 fully saturated rings. The van der Waals surface area contributed by atoms with Crippen LogP contribution in [0.25, 0.3) is 0 Å². The lowest BCUT2D eigenvalue weighted by atomic mass is 10.1. The fourth-order valence-electron chi connectivity index (χ4n) is 1.72. The summed E-state index contributed by atoms with van der Waals surface area (Å²) in [6, 6.07) is 0.359. The molecule has 1 aromatic heterocycles. The van der Waals surface area contributed by atoms with E-state index < -0.39 is 0 Å². The number of carbonyl (C=O) groups is 1. The summed E-state index contributed by atoms with van der Waals surface area (Å²) in [6.45, 7) is 3.69. The van der Waals surface area contributed by atoms with Crippen LogP contribution in [-0.4, -0.2) is 36.8 Å². The highest BCUT2D eigenvalue weighted by Crippen LogP contribution is 2.24. The maximum atomic E-state index is 11.6. The Balaban J connectivity index is 2.00. The molecule has 0 amide bonds. The quantitative estimate of drug-likeness (QED) is 0.834. The third kappa shape index (κ3) is 3.17. The van der Waals surface area contributed by atoms with E-state index in [1.165, 1.54) is 11.3 Å². The second-order valence-electron chi connectivity index (χ2n) is 3.78. The SMILES string of the molecule is CCOC(=O)c1ncsc1NC1CCOCC1. The topological polar surface area (TPSA) is 60.5 Å². The molecule has 2 heterocycles. The van der Waals surface area contributed by atoms with E-state index in [0.717, 1.165) is 31.1 Å². The van der Waals surface area contributed by atoms with Crippen molar-refractivity contribution in [1.82, 2.24) is 4.98 Å². The molecule has 0 radical (unpaired) electrons. The van der Waals surface area contributed by atoms with Crippen molar-refractivity contribution in [2.45, 2.75) is 25.8 Å². The summed E-state index contributed by atoms with van der Waals surface area (Å²) in [5.74, 6) is -0.358. The first-order chi connectivity index (χ1) is 8.31. The second kappa shape index (κ2) is 5.97. The van der Waals surface area contributed by atoms with E-state index >= 15 is 0 Å². The van der Waals surface area contributed by atoms with Crippen molar-refractivity contribution in [1.29, 1.82) is 0 Å². The van der Waals surface area contributed by atoms with Crippen LogP contribution in [-0.2, 0) is 9.47 Å². The molecular weight excluding hydrogens is 240 g/mol. The van der Waals surface area contributed by atoms with Gasteiger partial charge >= 0.3 is 5.97 Å². The lowest BCUT2D eigenvalue weighted by Gasteiger charge is -2.23. The first-order valence-corrected chi connectivity index (χ1v) is 6.64. The average molecular weight is 256 g/mol. The Labute approximate surface area is 104 Å². The minimum absolute atomic E-state index is 0.358. The number of hydrogen-bond acceptors (Lipinski definition) is 6. The van der Waals surface area contributed by atoms with Gasteiger partial charge in [0.05, 0.1) is 12.1 Å². The Hall–Kier alpha value is -1.14. The lowest BCUT2D eigenvalue weighted by molar-refractivity contribution is 0.0521. The summed E-state index contributed by atoms with van der Waals surface area (Å²) in [5, 5.41) is 4.15. The molecule has 0 bridgehead atoms. The van der Waals surface area contributed by atoms with Crippen LogP contribution in [0, 0.1) is 0 Å². The minimum atomic E-state index is -0.358. The van der Waals surface area contributed by atoms with Gasteiger partial charge in [0.2, 0.25) is 0 Å². The van der Waals surface area contributed by atoms with Crippen LogP contribution in [0.1, 0.15) is 30.3 Å². The van der Waals surface area contributed by atoms with Crippen LogP contribution in [0.15, 0.2) is 5.51 Å². The zero-order valence-electron chi connectivity index (χ0n) is 9.77. The zero-order chi connectivity index (χ0) is 12.1. The Kier molecular flexibility index (Phi) is 4.33. The van der Waals surface area contributed by atoms with Gasteiger partial charge in [-0.25, -0.2) is 9.78 Å². The maximum absolute atomic E-state index is 11.6. The van der Waals surface area contributed by atoms with Crippen molar-refractivity contribution in [3.8, 4) is 0 Å². The van der Waals surface area contributed by atoms with E-state index in [-0.39, 0.29) is 5.97 Å². The highest BCUT2D eigenvalue weighted by atomic mass is 32.1. The third-order valence-electron chi connectivity index (χ3n) is 2.59. The van der Waals surface area contributed by atoms with Crippen LogP contribution in [0.3, 0.4) is 0 Å². The fraction of sp³-hybridized carbons (Fsp3) is 0.636. The Morgan fingerprint density at radius 1 is 1.65 bits per heavy atom. The Morgan fingerprint density at radius 2 is 2.41 bits per heavy atom. The summed E-state index contributed by atoms with van der Waals surface area (Å²) in [6.07, 6.45) is 1.92. The molecular formula is C11H16N2O3S. The fourth-order valence-corrected chi connectivity index (χ4v) is 2.47. The number of anilines is 1. The van der Waals surface area contributed by atoms with Crippen molar-refractivity contribution >= 4 is 22.3 Å². The second-order valence-corrected chi connectivity index (χ2v) is 4.64. The molecule has 0 aromatic carbocycles.